The lowest BCUT2D eigenvalue weighted by Crippen LogP contribution is -2.30. The number of anilines is 1. The van der Waals surface area contributed by atoms with Gasteiger partial charge in [0.15, 0.2) is 0 Å². The molecule has 1 aromatic rings. The van der Waals surface area contributed by atoms with Gasteiger partial charge in [-0.05, 0) is 54.9 Å². The van der Waals surface area contributed by atoms with Gasteiger partial charge in [0.2, 0.25) is 0 Å². The van der Waals surface area contributed by atoms with Gasteiger partial charge in [-0.25, -0.2) is 0 Å². The van der Waals surface area contributed by atoms with Gasteiger partial charge in [-0.3, -0.25) is 4.79 Å². The molecule has 1 heterocycles. The van der Waals surface area contributed by atoms with Crippen LogP contribution in [0.3, 0.4) is 0 Å². The number of hydrogen-bond acceptors (Lipinski definition) is 3. The Bertz CT molecular complexity index is 495. The fourth-order valence-corrected chi connectivity index (χ4v) is 2.75. The second kappa shape index (κ2) is 4.85. The summed E-state index contributed by atoms with van der Waals surface area (Å²) in [6.07, 6.45) is 4.01. The van der Waals surface area contributed by atoms with Gasteiger partial charge in [-0.15, -0.1) is 0 Å². The smallest absolute Gasteiger partial charge is 0.251 e. The number of hydrogen-bond donors (Lipinski definition) is 3. The summed E-state index contributed by atoms with van der Waals surface area (Å²) in [7, 11) is 0. The van der Waals surface area contributed by atoms with Gasteiger partial charge in [0.05, 0.1) is 0 Å². The Morgan fingerprint density at radius 2 is 2.26 bits per heavy atom. The Balaban J connectivity index is 1.61. The number of benzene rings is 1. The van der Waals surface area contributed by atoms with Crippen LogP contribution < -0.4 is 10.6 Å². The molecule has 1 aromatic carbocycles. The van der Waals surface area contributed by atoms with Gasteiger partial charge in [0, 0.05) is 30.9 Å². The van der Waals surface area contributed by atoms with Crippen LogP contribution in [0.25, 0.3) is 0 Å². The average Bonchev–Trinajstić information content (AvgIpc) is 3.02. The fraction of sp³-hybridized carbons (Fsp3) is 0.533. The molecule has 4 heteroatoms. The molecule has 0 aromatic heterocycles. The molecular formula is C15H20N2O2. The summed E-state index contributed by atoms with van der Waals surface area (Å²) in [5.74, 6) is -0.00100. The standard InChI is InChI=1S/C15H20N2O2/c18-8-6-15(4-5-15)10-17-14(19)12-1-2-13-11(9-12)3-7-16-13/h1-2,9,16,18H,3-8,10H2,(H,17,19). The molecule has 1 fully saturated rings. The average molecular weight is 260 g/mol. The van der Waals surface area contributed by atoms with Gasteiger partial charge < -0.3 is 15.7 Å². The van der Waals surface area contributed by atoms with Crippen molar-refractivity contribution in [3.05, 3.63) is 29.3 Å². The maximum absolute atomic E-state index is 12.1. The van der Waals surface area contributed by atoms with E-state index in [-0.39, 0.29) is 17.9 Å². The lowest BCUT2D eigenvalue weighted by atomic mass is 10.0. The van der Waals surface area contributed by atoms with Crippen LogP contribution in [0.4, 0.5) is 5.69 Å². The number of rotatable bonds is 5. The summed E-state index contributed by atoms with van der Waals surface area (Å²) in [6.45, 7) is 1.85. The first-order valence-electron chi connectivity index (χ1n) is 6.98. The number of aliphatic hydroxyl groups is 1. The van der Waals surface area contributed by atoms with Crippen LogP contribution in [0, 0.1) is 5.41 Å². The third-order valence-corrected chi connectivity index (χ3v) is 4.30. The van der Waals surface area contributed by atoms with E-state index in [0.29, 0.717) is 6.54 Å². The SMILES string of the molecule is O=C(NCC1(CCO)CC1)c1ccc2c(c1)CCN2. The van der Waals surface area contributed by atoms with E-state index in [9.17, 15) is 4.79 Å². The van der Waals surface area contributed by atoms with Crippen LogP contribution in [0.5, 0.6) is 0 Å². The van der Waals surface area contributed by atoms with Crippen LogP contribution in [0.2, 0.25) is 0 Å². The Morgan fingerprint density at radius 1 is 1.42 bits per heavy atom. The predicted molar refractivity (Wildman–Crippen MR) is 74.3 cm³/mol. The lowest BCUT2D eigenvalue weighted by molar-refractivity contribution is 0.0941. The highest BCUT2D eigenvalue weighted by Gasteiger charge is 2.41. The fourth-order valence-electron chi connectivity index (χ4n) is 2.75. The zero-order chi connectivity index (χ0) is 13.3. The first-order valence-corrected chi connectivity index (χ1v) is 6.98. The van der Waals surface area contributed by atoms with E-state index in [2.05, 4.69) is 10.6 Å². The summed E-state index contributed by atoms with van der Waals surface area (Å²) < 4.78 is 0. The monoisotopic (exact) mass is 260 g/mol. The normalized spacial score (nSPS) is 18.6. The van der Waals surface area contributed by atoms with E-state index in [0.717, 1.165) is 43.5 Å². The van der Waals surface area contributed by atoms with Gasteiger partial charge in [0.1, 0.15) is 0 Å². The van der Waals surface area contributed by atoms with Crippen molar-refractivity contribution in [3.63, 3.8) is 0 Å². The first-order chi connectivity index (χ1) is 9.22. The van der Waals surface area contributed by atoms with Crippen LogP contribution >= 0.6 is 0 Å². The minimum atomic E-state index is -0.00100. The van der Waals surface area contributed by atoms with E-state index in [1.807, 2.05) is 18.2 Å². The molecule has 1 aliphatic heterocycles. The van der Waals surface area contributed by atoms with Crippen molar-refractivity contribution >= 4 is 11.6 Å². The van der Waals surface area contributed by atoms with E-state index in [1.54, 1.807) is 0 Å². The van der Waals surface area contributed by atoms with Crippen molar-refractivity contribution in [2.24, 2.45) is 5.41 Å². The van der Waals surface area contributed by atoms with Gasteiger partial charge in [-0.2, -0.15) is 0 Å². The molecule has 0 spiro atoms. The molecule has 19 heavy (non-hydrogen) atoms. The predicted octanol–water partition coefficient (Wildman–Crippen LogP) is 1.55. The third kappa shape index (κ3) is 2.59. The number of nitrogens with one attached hydrogen (secondary N) is 2. The molecule has 3 rings (SSSR count). The Kier molecular flexibility index (Phi) is 3.19. The van der Waals surface area contributed by atoms with E-state index in [4.69, 9.17) is 5.11 Å². The molecule has 102 valence electrons. The summed E-state index contributed by atoms with van der Waals surface area (Å²) >= 11 is 0. The van der Waals surface area contributed by atoms with Gasteiger partial charge in [-0.1, -0.05) is 0 Å². The summed E-state index contributed by atoms with van der Waals surface area (Å²) in [5, 5.41) is 15.3. The highest BCUT2D eigenvalue weighted by Crippen LogP contribution is 2.47. The highest BCUT2D eigenvalue weighted by atomic mass is 16.3. The number of aliphatic hydroxyl groups excluding tert-OH is 1. The van der Waals surface area contributed by atoms with Crippen LogP contribution in [0.15, 0.2) is 18.2 Å². The minimum Gasteiger partial charge on any atom is -0.396 e. The molecule has 1 aliphatic carbocycles. The molecule has 4 nitrogen and oxygen atoms in total. The van der Waals surface area contributed by atoms with Crippen molar-refractivity contribution in [2.45, 2.75) is 25.7 Å². The third-order valence-electron chi connectivity index (χ3n) is 4.30. The van der Waals surface area contributed by atoms with Gasteiger partial charge >= 0.3 is 0 Å². The maximum Gasteiger partial charge on any atom is 0.251 e. The molecule has 0 atom stereocenters. The maximum atomic E-state index is 12.1. The van der Waals surface area contributed by atoms with E-state index in [1.165, 1.54) is 5.56 Å². The quantitative estimate of drug-likeness (QED) is 0.752. The van der Waals surface area contributed by atoms with Crippen molar-refractivity contribution in [2.75, 3.05) is 25.0 Å². The zero-order valence-corrected chi connectivity index (χ0v) is 11.0. The number of amides is 1. The number of fused-ring (bicyclic) bond motifs is 1. The summed E-state index contributed by atoms with van der Waals surface area (Å²) in [5.41, 5.74) is 3.28. The van der Waals surface area contributed by atoms with E-state index >= 15 is 0 Å². The van der Waals surface area contributed by atoms with Crippen molar-refractivity contribution < 1.29 is 9.90 Å². The molecule has 0 radical (unpaired) electrons. The minimum absolute atomic E-state index is 0.00100. The Morgan fingerprint density at radius 3 is 3.00 bits per heavy atom. The second-order valence-electron chi connectivity index (χ2n) is 5.70. The van der Waals surface area contributed by atoms with Gasteiger partial charge in [0.25, 0.3) is 5.91 Å². The molecule has 2 aliphatic rings. The molecule has 0 bridgehead atoms. The Hall–Kier alpha value is -1.55. The zero-order valence-electron chi connectivity index (χ0n) is 11.0. The molecular weight excluding hydrogens is 240 g/mol. The molecule has 1 amide bonds. The van der Waals surface area contributed by atoms with E-state index < -0.39 is 0 Å². The highest BCUT2D eigenvalue weighted by molar-refractivity contribution is 5.95. The Labute approximate surface area is 113 Å². The largest absolute Gasteiger partial charge is 0.396 e. The summed E-state index contributed by atoms with van der Waals surface area (Å²) in [6, 6.07) is 5.84. The number of carbonyl (C=O) groups is 1. The lowest BCUT2D eigenvalue weighted by Gasteiger charge is -2.14. The number of carbonyl (C=O) groups excluding carboxylic acids is 1. The van der Waals surface area contributed by atoms with Crippen LogP contribution in [-0.4, -0.2) is 30.7 Å². The summed E-state index contributed by atoms with van der Waals surface area (Å²) in [4.78, 5) is 12.1. The molecule has 0 saturated heterocycles. The topological polar surface area (TPSA) is 61.4 Å². The van der Waals surface area contributed by atoms with Crippen LogP contribution in [-0.2, 0) is 6.42 Å². The van der Waals surface area contributed by atoms with Crippen LogP contribution in [0.1, 0.15) is 35.2 Å². The van der Waals surface area contributed by atoms with Crippen molar-refractivity contribution in [3.8, 4) is 0 Å². The second-order valence-corrected chi connectivity index (χ2v) is 5.70. The molecule has 1 saturated carbocycles. The first kappa shape index (κ1) is 12.5. The van der Waals surface area contributed by atoms with Crippen molar-refractivity contribution in [1.29, 1.82) is 0 Å². The molecule has 3 N–H and O–H groups in total. The molecule has 0 unspecified atom stereocenters. The van der Waals surface area contributed by atoms with Crippen molar-refractivity contribution in [1.82, 2.24) is 5.32 Å².